The van der Waals surface area contributed by atoms with Gasteiger partial charge >= 0.3 is 0 Å². The highest BCUT2D eigenvalue weighted by atomic mass is 15.2. The number of likely N-dealkylation sites (N-methyl/N-ethyl adjacent to an activating group) is 1. The van der Waals surface area contributed by atoms with Gasteiger partial charge in [-0.2, -0.15) is 0 Å². The van der Waals surface area contributed by atoms with E-state index in [1.807, 2.05) is 0 Å². The monoisotopic (exact) mass is 240 g/mol. The van der Waals surface area contributed by atoms with Gasteiger partial charge in [0, 0.05) is 19.1 Å². The van der Waals surface area contributed by atoms with Crippen molar-refractivity contribution >= 4 is 0 Å². The van der Waals surface area contributed by atoms with Crippen LogP contribution in [0.15, 0.2) is 0 Å². The Bertz CT molecular complexity index is 205. The second-order valence-electron chi connectivity index (χ2n) is 6.05. The van der Waals surface area contributed by atoms with Crippen LogP contribution >= 0.6 is 0 Å². The van der Waals surface area contributed by atoms with E-state index in [9.17, 15) is 0 Å². The number of rotatable bonds is 6. The van der Waals surface area contributed by atoms with E-state index in [4.69, 9.17) is 0 Å². The van der Waals surface area contributed by atoms with Gasteiger partial charge in [0.2, 0.25) is 0 Å². The van der Waals surface area contributed by atoms with Crippen LogP contribution in [-0.2, 0) is 0 Å². The Morgan fingerprint density at radius 1 is 1.24 bits per heavy atom. The summed E-state index contributed by atoms with van der Waals surface area (Å²) in [6, 6.07) is 0.672. The second kappa shape index (κ2) is 7.38. The van der Waals surface area contributed by atoms with Crippen molar-refractivity contribution < 1.29 is 0 Å². The van der Waals surface area contributed by atoms with E-state index in [-0.39, 0.29) is 0 Å². The van der Waals surface area contributed by atoms with Crippen LogP contribution in [0.4, 0.5) is 0 Å². The molecule has 0 aromatic carbocycles. The Kier molecular flexibility index (Phi) is 6.50. The molecule has 4 atom stereocenters. The lowest BCUT2D eigenvalue weighted by Crippen LogP contribution is -2.48. The van der Waals surface area contributed by atoms with Crippen LogP contribution in [0.5, 0.6) is 0 Å². The first-order chi connectivity index (χ1) is 8.08. The maximum absolute atomic E-state index is 3.66. The zero-order chi connectivity index (χ0) is 12.8. The Balaban J connectivity index is 2.44. The van der Waals surface area contributed by atoms with Gasteiger partial charge in [0.25, 0.3) is 0 Å². The van der Waals surface area contributed by atoms with Gasteiger partial charge in [-0.1, -0.05) is 41.0 Å². The molecule has 1 aliphatic heterocycles. The predicted molar refractivity (Wildman–Crippen MR) is 76.3 cm³/mol. The molecule has 1 rings (SSSR count). The third kappa shape index (κ3) is 4.59. The third-order valence-electron chi connectivity index (χ3n) is 4.67. The first kappa shape index (κ1) is 15.0. The van der Waals surface area contributed by atoms with Crippen molar-refractivity contribution in [2.75, 3.05) is 26.2 Å². The van der Waals surface area contributed by atoms with Crippen molar-refractivity contribution in [1.82, 2.24) is 10.2 Å². The summed E-state index contributed by atoms with van der Waals surface area (Å²) >= 11 is 0. The first-order valence-corrected chi connectivity index (χ1v) is 7.54. The molecular formula is C15H32N2. The summed E-state index contributed by atoms with van der Waals surface area (Å²) in [6.45, 7) is 16.6. The van der Waals surface area contributed by atoms with Gasteiger partial charge in [0.1, 0.15) is 0 Å². The van der Waals surface area contributed by atoms with E-state index in [1.165, 1.54) is 32.5 Å². The molecule has 1 fully saturated rings. The molecule has 0 radical (unpaired) electrons. The number of hydrogen-bond donors (Lipinski definition) is 1. The van der Waals surface area contributed by atoms with E-state index >= 15 is 0 Å². The van der Waals surface area contributed by atoms with Gasteiger partial charge in [0.15, 0.2) is 0 Å². The number of nitrogens with zero attached hydrogens (tertiary/aromatic N) is 1. The highest BCUT2D eigenvalue weighted by Gasteiger charge is 2.25. The maximum atomic E-state index is 3.66. The van der Waals surface area contributed by atoms with Gasteiger partial charge < -0.3 is 10.2 Å². The van der Waals surface area contributed by atoms with Crippen LogP contribution in [0.2, 0.25) is 0 Å². The minimum Gasteiger partial charge on any atom is -0.313 e. The molecule has 0 amide bonds. The molecule has 2 heteroatoms. The number of nitrogens with one attached hydrogen (secondary N) is 1. The smallest absolute Gasteiger partial charge is 0.0220 e. The van der Waals surface area contributed by atoms with E-state index in [0.29, 0.717) is 6.04 Å². The SMILES string of the molecule is CCNC(CN1CCC(C)C(C)C1)C(C)CC. The average Bonchev–Trinajstić information content (AvgIpc) is 2.32. The minimum absolute atomic E-state index is 0.672. The fourth-order valence-corrected chi connectivity index (χ4v) is 2.79. The number of hydrogen-bond acceptors (Lipinski definition) is 2. The van der Waals surface area contributed by atoms with Crippen LogP contribution < -0.4 is 5.32 Å². The summed E-state index contributed by atoms with van der Waals surface area (Å²) in [7, 11) is 0. The van der Waals surface area contributed by atoms with Gasteiger partial charge in [-0.05, 0) is 37.3 Å². The van der Waals surface area contributed by atoms with Crippen LogP contribution in [0, 0.1) is 17.8 Å². The quantitative estimate of drug-likeness (QED) is 0.768. The maximum Gasteiger partial charge on any atom is 0.0220 e. The average molecular weight is 240 g/mol. The Labute approximate surface area is 108 Å². The zero-order valence-corrected chi connectivity index (χ0v) is 12.5. The fourth-order valence-electron chi connectivity index (χ4n) is 2.79. The lowest BCUT2D eigenvalue weighted by Gasteiger charge is -2.38. The van der Waals surface area contributed by atoms with Crippen molar-refractivity contribution in [3.63, 3.8) is 0 Å². The first-order valence-electron chi connectivity index (χ1n) is 7.54. The molecule has 0 aliphatic carbocycles. The van der Waals surface area contributed by atoms with E-state index in [0.717, 1.165) is 24.3 Å². The molecule has 4 unspecified atom stereocenters. The summed E-state index contributed by atoms with van der Waals surface area (Å²) in [5, 5.41) is 3.66. The molecule has 0 saturated carbocycles. The summed E-state index contributed by atoms with van der Waals surface area (Å²) in [6.07, 6.45) is 2.65. The Morgan fingerprint density at radius 2 is 1.94 bits per heavy atom. The lowest BCUT2D eigenvalue weighted by atomic mass is 9.88. The highest BCUT2D eigenvalue weighted by Crippen LogP contribution is 2.23. The zero-order valence-electron chi connectivity index (χ0n) is 12.5. The van der Waals surface area contributed by atoms with Gasteiger partial charge in [-0.3, -0.25) is 0 Å². The summed E-state index contributed by atoms with van der Waals surface area (Å²) in [5.74, 6) is 2.56. The van der Waals surface area contributed by atoms with Crippen molar-refractivity contribution in [1.29, 1.82) is 0 Å². The number of piperidine rings is 1. The number of likely N-dealkylation sites (tertiary alicyclic amines) is 1. The van der Waals surface area contributed by atoms with Gasteiger partial charge in [-0.15, -0.1) is 0 Å². The van der Waals surface area contributed by atoms with Crippen molar-refractivity contribution in [2.45, 2.75) is 53.5 Å². The van der Waals surface area contributed by atoms with Gasteiger partial charge in [0.05, 0.1) is 0 Å². The molecular weight excluding hydrogens is 208 g/mol. The summed E-state index contributed by atoms with van der Waals surface area (Å²) in [4.78, 5) is 2.67. The molecule has 0 aromatic rings. The molecule has 0 aromatic heterocycles. The summed E-state index contributed by atoms with van der Waals surface area (Å²) < 4.78 is 0. The summed E-state index contributed by atoms with van der Waals surface area (Å²) in [5.41, 5.74) is 0. The molecule has 1 N–H and O–H groups in total. The van der Waals surface area contributed by atoms with E-state index in [2.05, 4.69) is 44.8 Å². The highest BCUT2D eigenvalue weighted by molar-refractivity contribution is 4.81. The van der Waals surface area contributed by atoms with E-state index < -0.39 is 0 Å². The Hall–Kier alpha value is -0.0800. The topological polar surface area (TPSA) is 15.3 Å². The minimum atomic E-state index is 0.672. The standard InChI is InChI=1S/C15H32N2/c1-6-12(3)15(16-7-2)11-17-9-8-13(4)14(5)10-17/h12-16H,6-11H2,1-5H3. The molecule has 1 aliphatic rings. The van der Waals surface area contributed by atoms with Crippen molar-refractivity contribution in [3.05, 3.63) is 0 Å². The predicted octanol–water partition coefficient (Wildman–Crippen LogP) is 2.99. The van der Waals surface area contributed by atoms with Gasteiger partial charge in [-0.25, -0.2) is 0 Å². The van der Waals surface area contributed by atoms with Crippen LogP contribution in [0.3, 0.4) is 0 Å². The van der Waals surface area contributed by atoms with Crippen molar-refractivity contribution in [3.8, 4) is 0 Å². The molecule has 17 heavy (non-hydrogen) atoms. The van der Waals surface area contributed by atoms with Crippen LogP contribution in [-0.4, -0.2) is 37.1 Å². The normalized spacial score (nSPS) is 30.2. The largest absolute Gasteiger partial charge is 0.313 e. The third-order valence-corrected chi connectivity index (χ3v) is 4.67. The fraction of sp³-hybridized carbons (Fsp3) is 1.00. The molecule has 102 valence electrons. The van der Waals surface area contributed by atoms with Crippen LogP contribution in [0.25, 0.3) is 0 Å². The van der Waals surface area contributed by atoms with Crippen molar-refractivity contribution in [2.24, 2.45) is 17.8 Å². The second-order valence-corrected chi connectivity index (χ2v) is 6.05. The molecule has 2 nitrogen and oxygen atoms in total. The molecule has 1 heterocycles. The Morgan fingerprint density at radius 3 is 2.47 bits per heavy atom. The molecule has 0 bridgehead atoms. The molecule has 0 spiro atoms. The van der Waals surface area contributed by atoms with E-state index in [1.54, 1.807) is 0 Å². The van der Waals surface area contributed by atoms with Crippen LogP contribution in [0.1, 0.15) is 47.5 Å². The lowest BCUT2D eigenvalue weighted by molar-refractivity contribution is 0.117. The molecule has 1 saturated heterocycles.